The molecule has 2 aliphatic carbocycles. The van der Waals surface area contributed by atoms with E-state index >= 15 is 0 Å². The third-order valence-corrected chi connectivity index (χ3v) is 11.8. The molecule has 10 nitrogen and oxygen atoms in total. The number of aromatic amines is 1. The fourth-order valence-corrected chi connectivity index (χ4v) is 9.17. The standard InChI is InChI=1S/C40H43N5O5/c1-20(2)37(44-40(47)48)39(46)45-34-13-25(34)14-35(45)32-15-29-28-16-36-30(12-22(28)7-9-31(29)42-32)27-8-6-23(11-26(27)19-50-36)33-17-41-38(43-33)24-5-4-21(10-24)18-49-3/h6-9,11-12,16-17,20-21,24-25,34-35,37,44H,4-5,10,13-15,18-19H2,1-3H3,(H,41,43)(H,47,48)/t21-,24+,25-,34-,35+,37+/m1/s1. The number of amides is 2. The monoisotopic (exact) mass is 673 g/mol. The van der Waals surface area contributed by atoms with Gasteiger partial charge in [0.05, 0.1) is 23.6 Å². The summed E-state index contributed by atoms with van der Waals surface area (Å²) in [4.78, 5) is 40.7. The fraction of sp³-hybridized carbons (Fsp3) is 0.450. The van der Waals surface area contributed by atoms with Crippen LogP contribution in [-0.2, 0) is 22.6 Å². The molecular formula is C40H43N5O5. The zero-order chi connectivity index (χ0) is 34.3. The minimum atomic E-state index is -1.17. The van der Waals surface area contributed by atoms with Crippen LogP contribution in [0.1, 0.15) is 68.8 Å². The van der Waals surface area contributed by atoms with Crippen LogP contribution in [-0.4, -0.2) is 69.5 Å². The molecule has 1 saturated heterocycles. The number of methoxy groups -OCH3 is 1. The van der Waals surface area contributed by atoms with E-state index in [2.05, 4.69) is 52.8 Å². The lowest BCUT2D eigenvalue weighted by molar-refractivity contribution is -0.135. The lowest BCUT2D eigenvalue weighted by atomic mass is 9.90. The Labute approximate surface area is 291 Å². The van der Waals surface area contributed by atoms with Gasteiger partial charge in [-0.05, 0) is 107 Å². The number of carbonyl (C=O) groups is 2. The Balaban J connectivity index is 0.960. The first-order valence-electron chi connectivity index (χ1n) is 18.0. The minimum absolute atomic E-state index is 0.114. The highest BCUT2D eigenvalue weighted by molar-refractivity contribution is 6.07. The van der Waals surface area contributed by atoms with E-state index in [1.165, 1.54) is 12.0 Å². The molecule has 4 heterocycles. The molecule has 0 bridgehead atoms. The molecule has 258 valence electrons. The van der Waals surface area contributed by atoms with E-state index in [1.807, 2.05) is 24.9 Å². The zero-order valence-corrected chi connectivity index (χ0v) is 28.7. The summed E-state index contributed by atoms with van der Waals surface area (Å²) in [7, 11) is 1.78. The third-order valence-electron chi connectivity index (χ3n) is 11.8. The van der Waals surface area contributed by atoms with Gasteiger partial charge in [-0.2, -0.15) is 0 Å². The summed E-state index contributed by atoms with van der Waals surface area (Å²) in [6, 6.07) is 14.5. The van der Waals surface area contributed by atoms with Gasteiger partial charge in [0.25, 0.3) is 0 Å². The number of carbonyl (C=O) groups excluding carboxylic acids is 1. The van der Waals surface area contributed by atoms with Crippen molar-refractivity contribution in [1.82, 2.24) is 20.2 Å². The Hall–Kier alpha value is -4.70. The van der Waals surface area contributed by atoms with Crippen LogP contribution >= 0.6 is 0 Å². The molecule has 3 fully saturated rings. The number of H-pyrrole nitrogens is 1. The van der Waals surface area contributed by atoms with Gasteiger partial charge in [0, 0.05) is 43.4 Å². The van der Waals surface area contributed by atoms with Crippen molar-refractivity contribution >= 4 is 34.2 Å². The van der Waals surface area contributed by atoms with Crippen molar-refractivity contribution in [1.29, 1.82) is 0 Å². The van der Waals surface area contributed by atoms with E-state index in [9.17, 15) is 14.7 Å². The van der Waals surface area contributed by atoms with Gasteiger partial charge in [-0.3, -0.25) is 9.79 Å². The lowest BCUT2D eigenvalue weighted by Gasteiger charge is -2.32. The van der Waals surface area contributed by atoms with Crippen molar-refractivity contribution < 1.29 is 24.2 Å². The number of nitrogens with zero attached hydrogens (tertiary/aromatic N) is 3. The van der Waals surface area contributed by atoms with Gasteiger partial charge >= 0.3 is 6.09 Å². The second-order valence-electron chi connectivity index (χ2n) is 15.3. The predicted molar refractivity (Wildman–Crippen MR) is 191 cm³/mol. The average molecular weight is 674 g/mol. The van der Waals surface area contributed by atoms with Gasteiger partial charge in [0.1, 0.15) is 24.2 Å². The zero-order valence-electron chi connectivity index (χ0n) is 28.7. The van der Waals surface area contributed by atoms with E-state index in [0.717, 1.165) is 94.0 Å². The molecule has 2 saturated carbocycles. The summed E-state index contributed by atoms with van der Waals surface area (Å²) in [5, 5.41) is 14.2. The van der Waals surface area contributed by atoms with Crippen molar-refractivity contribution in [2.24, 2.45) is 22.7 Å². The number of benzene rings is 3. The summed E-state index contributed by atoms with van der Waals surface area (Å²) in [5.74, 6) is 3.18. The number of aliphatic imine (C=N–C) groups is 1. The number of nitrogens with one attached hydrogen (secondary N) is 2. The molecule has 50 heavy (non-hydrogen) atoms. The van der Waals surface area contributed by atoms with Gasteiger partial charge in [0.2, 0.25) is 5.91 Å². The largest absolute Gasteiger partial charge is 0.488 e. The molecule has 3 N–H and O–H groups in total. The van der Waals surface area contributed by atoms with E-state index in [-0.39, 0.29) is 23.9 Å². The number of carboxylic acid groups (broad SMARTS) is 1. The molecule has 3 aromatic carbocycles. The predicted octanol–water partition coefficient (Wildman–Crippen LogP) is 7.23. The molecular weight excluding hydrogens is 630 g/mol. The average Bonchev–Trinajstić information content (AvgIpc) is 3.60. The van der Waals surface area contributed by atoms with Gasteiger partial charge in [-0.15, -0.1) is 0 Å². The molecule has 1 aromatic heterocycles. The SMILES string of the molecule is COC[C@@H]1CC[C@H](c2ncc(-c3ccc4c(c3)COc3cc5c6c(ccc5cc3-4)N=C([C@@H]3C[C@H]4C[C@H]4N3C(=O)[C@@H](NC(=O)O)C(C)C)C6)[nH]2)C1. The number of imidazole rings is 1. The number of piperidine rings is 1. The second kappa shape index (κ2) is 12.0. The molecule has 9 rings (SSSR count). The molecule has 0 radical (unpaired) electrons. The molecule has 10 heteroatoms. The van der Waals surface area contributed by atoms with Crippen LogP contribution in [0, 0.1) is 17.8 Å². The highest BCUT2D eigenvalue weighted by atomic mass is 16.5. The first-order chi connectivity index (χ1) is 24.2. The fourth-order valence-electron chi connectivity index (χ4n) is 9.17. The first-order valence-corrected chi connectivity index (χ1v) is 18.0. The maximum absolute atomic E-state index is 13.8. The number of rotatable bonds is 8. The molecule has 6 atom stereocenters. The van der Waals surface area contributed by atoms with Gasteiger partial charge in [0.15, 0.2) is 0 Å². The maximum Gasteiger partial charge on any atom is 0.405 e. The van der Waals surface area contributed by atoms with Crippen LogP contribution in [0.5, 0.6) is 5.75 Å². The number of fused-ring (bicyclic) bond motifs is 7. The summed E-state index contributed by atoms with van der Waals surface area (Å²) in [6.45, 7) is 5.07. The smallest absolute Gasteiger partial charge is 0.405 e. The van der Waals surface area contributed by atoms with Crippen molar-refractivity contribution in [3.05, 3.63) is 65.6 Å². The Morgan fingerprint density at radius 3 is 2.80 bits per heavy atom. The van der Waals surface area contributed by atoms with Crippen molar-refractivity contribution in [2.75, 3.05) is 13.7 Å². The number of ether oxygens (including phenoxy) is 2. The summed E-state index contributed by atoms with van der Waals surface area (Å²) in [6.07, 6.45) is 6.76. The van der Waals surface area contributed by atoms with E-state index in [1.54, 1.807) is 7.11 Å². The molecule has 4 aromatic rings. The molecule has 0 unspecified atom stereocenters. The molecule has 3 aliphatic heterocycles. The Morgan fingerprint density at radius 1 is 1.10 bits per heavy atom. The van der Waals surface area contributed by atoms with Crippen LogP contribution in [0.25, 0.3) is 33.2 Å². The molecule has 5 aliphatic rings. The number of hydrogen-bond donors (Lipinski definition) is 3. The number of aromatic nitrogens is 2. The van der Waals surface area contributed by atoms with Crippen LogP contribution in [0.15, 0.2) is 53.7 Å². The van der Waals surface area contributed by atoms with Crippen molar-refractivity contribution in [3.63, 3.8) is 0 Å². The van der Waals surface area contributed by atoms with Gasteiger partial charge in [-0.1, -0.05) is 32.0 Å². The minimum Gasteiger partial charge on any atom is -0.488 e. The van der Waals surface area contributed by atoms with Gasteiger partial charge < -0.3 is 29.8 Å². The second-order valence-corrected chi connectivity index (χ2v) is 15.3. The topological polar surface area (TPSA) is 129 Å². The highest BCUT2D eigenvalue weighted by Crippen LogP contribution is 2.51. The van der Waals surface area contributed by atoms with Crippen molar-refractivity contribution in [2.45, 2.75) is 83.0 Å². The number of likely N-dealkylation sites (tertiary alicyclic amines) is 1. The van der Waals surface area contributed by atoms with Crippen LogP contribution in [0.3, 0.4) is 0 Å². The molecule has 0 spiro atoms. The van der Waals surface area contributed by atoms with Crippen LogP contribution < -0.4 is 10.1 Å². The quantitative estimate of drug-likeness (QED) is 0.181. The maximum atomic E-state index is 13.8. The van der Waals surface area contributed by atoms with Gasteiger partial charge in [-0.25, -0.2) is 9.78 Å². The van der Waals surface area contributed by atoms with E-state index < -0.39 is 12.1 Å². The van der Waals surface area contributed by atoms with E-state index in [0.29, 0.717) is 30.8 Å². The number of hydrogen-bond acceptors (Lipinski definition) is 6. The Kier molecular flexibility index (Phi) is 7.49. The van der Waals surface area contributed by atoms with Crippen LogP contribution in [0.2, 0.25) is 0 Å². The van der Waals surface area contributed by atoms with E-state index in [4.69, 9.17) is 19.5 Å². The normalized spacial score (nSPS) is 25.1. The highest BCUT2D eigenvalue weighted by Gasteiger charge is 2.56. The summed E-state index contributed by atoms with van der Waals surface area (Å²) >= 11 is 0. The summed E-state index contributed by atoms with van der Waals surface area (Å²) < 4.78 is 11.8. The third kappa shape index (κ3) is 5.27. The molecule has 2 amide bonds. The lowest BCUT2D eigenvalue weighted by Crippen LogP contribution is -2.54. The Morgan fingerprint density at radius 2 is 1.98 bits per heavy atom. The first kappa shape index (κ1) is 31.3. The van der Waals surface area contributed by atoms with Crippen LogP contribution in [0.4, 0.5) is 10.5 Å². The Bertz CT molecular complexity index is 2070. The summed E-state index contributed by atoms with van der Waals surface area (Å²) in [5.41, 5.74) is 8.66. The van der Waals surface area contributed by atoms with Crippen molar-refractivity contribution in [3.8, 4) is 28.1 Å².